The number of rotatable bonds is 3. The molecule has 2 N–H and O–H groups in total. The van der Waals surface area contributed by atoms with Crippen LogP contribution in [0.15, 0.2) is 51.4 Å². The summed E-state index contributed by atoms with van der Waals surface area (Å²) in [6.07, 6.45) is 0. The summed E-state index contributed by atoms with van der Waals surface area (Å²) in [5.74, 6) is 0. The van der Waals surface area contributed by atoms with Gasteiger partial charge in [-0.3, -0.25) is 0 Å². The summed E-state index contributed by atoms with van der Waals surface area (Å²) in [6, 6.07) is 14.4. The molecule has 0 fully saturated rings. The van der Waals surface area contributed by atoms with E-state index in [0.29, 0.717) is 5.11 Å². The van der Waals surface area contributed by atoms with Gasteiger partial charge in [-0.1, -0.05) is 44.0 Å². The molecule has 0 amide bonds. The Bertz CT molecular complexity index is 641. The number of halogens is 2. The molecule has 5 heteroatoms. The van der Waals surface area contributed by atoms with Crippen LogP contribution < -0.4 is 10.6 Å². The predicted molar refractivity (Wildman–Crippen MR) is 101 cm³/mol. The van der Waals surface area contributed by atoms with Crippen LogP contribution in [-0.2, 0) is 0 Å². The molecule has 0 radical (unpaired) electrons. The minimum atomic E-state index is 0.148. The zero-order valence-corrected chi connectivity index (χ0v) is 15.8. The van der Waals surface area contributed by atoms with Crippen molar-refractivity contribution < 1.29 is 0 Å². The highest BCUT2D eigenvalue weighted by Gasteiger charge is 2.07. The van der Waals surface area contributed by atoms with Crippen molar-refractivity contribution in [2.24, 2.45) is 0 Å². The zero-order valence-electron chi connectivity index (χ0n) is 11.8. The molecule has 0 aliphatic carbocycles. The summed E-state index contributed by atoms with van der Waals surface area (Å²) in [7, 11) is 0. The van der Waals surface area contributed by atoms with E-state index < -0.39 is 0 Å². The molecule has 2 rings (SSSR count). The zero-order chi connectivity index (χ0) is 15.4. The molecule has 1 atom stereocenters. The lowest BCUT2D eigenvalue weighted by atomic mass is 10.1. The third-order valence-corrected chi connectivity index (χ3v) is 4.77. The van der Waals surface area contributed by atoms with E-state index in [1.807, 2.05) is 24.3 Å². The number of thiocarbonyl (C=S) groups is 1. The van der Waals surface area contributed by atoms with E-state index in [4.69, 9.17) is 12.2 Å². The van der Waals surface area contributed by atoms with Gasteiger partial charge >= 0.3 is 0 Å². The molecule has 0 aliphatic rings. The monoisotopic (exact) mass is 426 g/mol. The maximum Gasteiger partial charge on any atom is 0.171 e. The third-order valence-electron chi connectivity index (χ3n) is 3.13. The average molecular weight is 428 g/mol. The van der Waals surface area contributed by atoms with Gasteiger partial charge in [-0.15, -0.1) is 0 Å². The van der Waals surface area contributed by atoms with Gasteiger partial charge in [0.1, 0.15) is 0 Å². The maximum atomic E-state index is 5.37. The van der Waals surface area contributed by atoms with E-state index >= 15 is 0 Å². The Kier molecular flexibility index (Phi) is 5.79. The lowest BCUT2D eigenvalue weighted by Gasteiger charge is -2.18. The van der Waals surface area contributed by atoms with Crippen LogP contribution in [0.25, 0.3) is 0 Å². The van der Waals surface area contributed by atoms with Crippen molar-refractivity contribution in [3.8, 4) is 0 Å². The lowest BCUT2D eigenvalue weighted by Crippen LogP contribution is -2.30. The Morgan fingerprint density at radius 1 is 1.10 bits per heavy atom. The quantitative estimate of drug-likeness (QED) is 0.626. The number of nitrogens with one attached hydrogen (secondary N) is 2. The summed E-state index contributed by atoms with van der Waals surface area (Å²) in [6.45, 7) is 4.14. The lowest BCUT2D eigenvalue weighted by molar-refractivity contribution is 0.722. The van der Waals surface area contributed by atoms with Gasteiger partial charge in [0.25, 0.3) is 0 Å². The van der Waals surface area contributed by atoms with E-state index in [1.54, 1.807) is 0 Å². The summed E-state index contributed by atoms with van der Waals surface area (Å²) in [4.78, 5) is 0. The fraction of sp³-hybridized carbons (Fsp3) is 0.188. The molecule has 0 spiro atoms. The van der Waals surface area contributed by atoms with Crippen molar-refractivity contribution in [2.75, 3.05) is 5.32 Å². The molecule has 0 saturated carbocycles. The first kappa shape index (κ1) is 16.5. The van der Waals surface area contributed by atoms with Crippen molar-refractivity contribution in [1.29, 1.82) is 0 Å². The normalized spacial score (nSPS) is 11.8. The first-order chi connectivity index (χ1) is 9.95. The van der Waals surface area contributed by atoms with Crippen molar-refractivity contribution in [3.05, 3.63) is 62.5 Å². The molecule has 0 aromatic heterocycles. The minimum Gasteiger partial charge on any atom is -0.356 e. The van der Waals surface area contributed by atoms with Crippen molar-refractivity contribution in [3.63, 3.8) is 0 Å². The molecular formula is C16H16Br2N2S. The number of benzene rings is 2. The molecule has 110 valence electrons. The third kappa shape index (κ3) is 4.80. The average Bonchev–Trinajstić information content (AvgIpc) is 2.43. The van der Waals surface area contributed by atoms with Gasteiger partial charge in [0.2, 0.25) is 0 Å². The van der Waals surface area contributed by atoms with Crippen LogP contribution in [0.1, 0.15) is 24.1 Å². The molecule has 1 unspecified atom stereocenters. The Labute approximate surface area is 147 Å². The number of hydrogen-bond donors (Lipinski definition) is 2. The highest BCUT2D eigenvalue weighted by molar-refractivity contribution is 9.10. The van der Waals surface area contributed by atoms with Crippen molar-refractivity contribution in [1.82, 2.24) is 5.32 Å². The summed E-state index contributed by atoms with van der Waals surface area (Å²) >= 11 is 12.3. The molecule has 2 aromatic carbocycles. The molecule has 0 heterocycles. The smallest absolute Gasteiger partial charge is 0.171 e. The largest absolute Gasteiger partial charge is 0.356 e. The second kappa shape index (κ2) is 7.38. The molecular weight excluding hydrogens is 412 g/mol. The number of hydrogen-bond acceptors (Lipinski definition) is 1. The van der Waals surface area contributed by atoms with Crippen molar-refractivity contribution in [2.45, 2.75) is 19.9 Å². The van der Waals surface area contributed by atoms with Crippen LogP contribution in [0.5, 0.6) is 0 Å². The van der Waals surface area contributed by atoms with Crippen LogP contribution in [0, 0.1) is 6.92 Å². The summed E-state index contributed by atoms with van der Waals surface area (Å²) < 4.78 is 2.17. The summed E-state index contributed by atoms with van der Waals surface area (Å²) in [5.41, 5.74) is 3.34. The van der Waals surface area contributed by atoms with Crippen LogP contribution >= 0.6 is 44.1 Å². The topological polar surface area (TPSA) is 24.1 Å². The summed E-state index contributed by atoms with van der Waals surface area (Å²) in [5, 5.41) is 7.12. The van der Waals surface area contributed by atoms with Crippen LogP contribution in [-0.4, -0.2) is 5.11 Å². The predicted octanol–water partition coefficient (Wildman–Crippen LogP) is 5.57. The first-order valence-electron chi connectivity index (χ1n) is 6.55. The Morgan fingerprint density at radius 2 is 1.76 bits per heavy atom. The van der Waals surface area contributed by atoms with E-state index in [1.165, 1.54) is 11.1 Å². The molecule has 21 heavy (non-hydrogen) atoms. The van der Waals surface area contributed by atoms with E-state index in [-0.39, 0.29) is 6.04 Å². The van der Waals surface area contributed by atoms with E-state index in [9.17, 15) is 0 Å². The van der Waals surface area contributed by atoms with Crippen LogP contribution in [0.2, 0.25) is 0 Å². The van der Waals surface area contributed by atoms with Gasteiger partial charge < -0.3 is 10.6 Å². The fourth-order valence-corrected chi connectivity index (χ4v) is 2.73. The Morgan fingerprint density at radius 3 is 2.38 bits per heavy atom. The highest BCUT2D eigenvalue weighted by Crippen LogP contribution is 2.20. The standard InChI is InChI=1S/C16H16Br2N2S/c1-10-9-14(7-8-15(10)18)20-16(21)19-11(2)12-3-5-13(17)6-4-12/h3-9,11H,1-2H3,(H2,19,20,21). The van der Waals surface area contributed by atoms with Crippen LogP contribution in [0.4, 0.5) is 5.69 Å². The molecule has 2 nitrogen and oxygen atoms in total. The highest BCUT2D eigenvalue weighted by atomic mass is 79.9. The van der Waals surface area contributed by atoms with E-state index in [0.717, 1.165) is 14.6 Å². The number of anilines is 1. The Hall–Kier alpha value is -0.910. The van der Waals surface area contributed by atoms with Gasteiger partial charge in [-0.05, 0) is 67.5 Å². The fourth-order valence-electron chi connectivity index (χ4n) is 1.92. The molecule has 0 aliphatic heterocycles. The first-order valence-corrected chi connectivity index (χ1v) is 8.54. The van der Waals surface area contributed by atoms with Gasteiger partial charge in [-0.2, -0.15) is 0 Å². The maximum absolute atomic E-state index is 5.37. The van der Waals surface area contributed by atoms with Gasteiger partial charge in [-0.25, -0.2) is 0 Å². The SMILES string of the molecule is Cc1cc(NC(=S)NC(C)c2ccc(Br)cc2)ccc1Br. The minimum absolute atomic E-state index is 0.148. The molecule has 0 saturated heterocycles. The van der Waals surface area contributed by atoms with Gasteiger partial charge in [0.15, 0.2) is 5.11 Å². The van der Waals surface area contributed by atoms with Crippen LogP contribution in [0.3, 0.4) is 0 Å². The second-order valence-corrected chi connectivity index (χ2v) is 7.01. The van der Waals surface area contributed by atoms with Crippen molar-refractivity contribution >= 4 is 54.9 Å². The second-order valence-electron chi connectivity index (χ2n) is 4.84. The molecule has 0 bridgehead atoms. The van der Waals surface area contributed by atoms with Gasteiger partial charge in [0, 0.05) is 14.6 Å². The van der Waals surface area contributed by atoms with E-state index in [2.05, 4.69) is 74.5 Å². The Balaban J connectivity index is 1.97. The number of aryl methyl sites for hydroxylation is 1. The molecule has 2 aromatic rings. The van der Waals surface area contributed by atoms with Gasteiger partial charge in [0.05, 0.1) is 6.04 Å².